The molecule has 0 aliphatic rings. The third kappa shape index (κ3) is 8.56. The molecular formula is C27H37NO3. The van der Waals surface area contributed by atoms with Crippen LogP contribution in [0.5, 0.6) is 0 Å². The maximum Gasteiger partial charge on any atom is 0.338 e. The Bertz CT molecular complexity index is 753. The van der Waals surface area contributed by atoms with Crippen molar-refractivity contribution in [3.8, 4) is 0 Å². The van der Waals surface area contributed by atoms with Crippen LogP contribution in [0.15, 0.2) is 48.5 Å². The van der Waals surface area contributed by atoms with E-state index in [1.807, 2.05) is 62.4 Å². The quantitative estimate of drug-likeness (QED) is 0.427. The standard InChI is InChI=1S/C27H37NO3/c1-5-7-9-21-11-15-23(16-12-21)25(29)28-19-27(3,4)20-31-26(30)24-17-13-22(14-18-24)10-8-6-2/h11-18H,5-10,19-20H2,1-4H3,(H,28,29). The summed E-state index contributed by atoms with van der Waals surface area (Å²) in [4.78, 5) is 24.8. The van der Waals surface area contributed by atoms with Crippen LogP contribution >= 0.6 is 0 Å². The first kappa shape index (κ1) is 24.6. The lowest BCUT2D eigenvalue weighted by molar-refractivity contribution is 0.0341. The zero-order valence-electron chi connectivity index (χ0n) is 19.5. The highest BCUT2D eigenvalue weighted by molar-refractivity contribution is 5.94. The van der Waals surface area contributed by atoms with Crippen LogP contribution < -0.4 is 5.32 Å². The van der Waals surface area contributed by atoms with E-state index in [4.69, 9.17) is 4.74 Å². The molecule has 0 saturated carbocycles. The Kier molecular flexibility index (Phi) is 9.77. The summed E-state index contributed by atoms with van der Waals surface area (Å²) in [5, 5.41) is 2.96. The molecule has 0 heterocycles. The second kappa shape index (κ2) is 12.3. The van der Waals surface area contributed by atoms with Crippen LogP contribution in [-0.2, 0) is 17.6 Å². The Morgan fingerprint density at radius 1 is 0.806 bits per heavy atom. The van der Waals surface area contributed by atoms with Crippen molar-refractivity contribution in [1.29, 1.82) is 0 Å². The van der Waals surface area contributed by atoms with E-state index in [9.17, 15) is 9.59 Å². The molecule has 4 nitrogen and oxygen atoms in total. The molecule has 2 aromatic rings. The van der Waals surface area contributed by atoms with Crippen LogP contribution in [0.25, 0.3) is 0 Å². The van der Waals surface area contributed by atoms with Crippen LogP contribution in [0.4, 0.5) is 0 Å². The second-order valence-electron chi connectivity index (χ2n) is 9.02. The molecule has 1 amide bonds. The first-order chi connectivity index (χ1) is 14.8. The summed E-state index contributed by atoms with van der Waals surface area (Å²) < 4.78 is 5.51. The average molecular weight is 424 g/mol. The number of rotatable bonds is 12. The highest BCUT2D eigenvalue weighted by Gasteiger charge is 2.22. The van der Waals surface area contributed by atoms with Crippen molar-refractivity contribution in [3.63, 3.8) is 0 Å². The summed E-state index contributed by atoms with van der Waals surface area (Å²) in [7, 11) is 0. The van der Waals surface area contributed by atoms with E-state index in [2.05, 4.69) is 19.2 Å². The molecule has 2 rings (SSSR count). The molecule has 0 fully saturated rings. The fourth-order valence-corrected chi connectivity index (χ4v) is 3.21. The summed E-state index contributed by atoms with van der Waals surface area (Å²) in [6.07, 6.45) is 6.68. The van der Waals surface area contributed by atoms with Gasteiger partial charge in [0.2, 0.25) is 0 Å². The van der Waals surface area contributed by atoms with E-state index in [0.29, 0.717) is 17.7 Å². The summed E-state index contributed by atoms with van der Waals surface area (Å²) in [5.74, 6) is -0.437. The van der Waals surface area contributed by atoms with Crippen molar-refractivity contribution in [3.05, 3.63) is 70.8 Å². The van der Waals surface area contributed by atoms with Crippen molar-refractivity contribution in [2.75, 3.05) is 13.2 Å². The van der Waals surface area contributed by atoms with E-state index in [0.717, 1.165) is 38.5 Å². The SMILES string of the molecule is CCCCc1ccc(C(=O)NCC(C)(C)COC(=O)c2ccc(CCCC)cc2)cc1. The lowest BCUT2D eigenvalue weighted by Crippen LogP contribution is -2.37. The smallest absolute Gasteiger partial charge is 0.338 e. The molecule has 0 saturated heterocycles. The molecule has 0 aromatic heterocycles. The highest BCUT2D eigenvalue weighted by Crippen LogP contribution is 2.17. The van der Waals surface area contributed by atoms with Gasteiger partial charge in [-0.1, -0.05) is 64.8 Å². The van der Waals surface area contributed by atoms with Gasteiger partial charge in [0.1, 0.15) is 0 Å². The molecule has 2 aromatic carbocycles. The van der Waals surface area contributed by atoms with Gasteiger partial charge in [-0.3, -0.25) is 4.79 Å². The van der Waals surface area contributed by atoms with E-state index in [-0.39, 0.29) is 23.9 Å². The monoisotopic (exact) mass is 423 g/mol. The minimum atomic E-state index is -0.368. The number of ether oxygens (including phenoxy) is 1. The zero-order valence-corrected chi connectivity index (χ0v) is 19.5. The van der Waals surface area contributed by atoms with Gasteiger partial charge in [-0.15, -0.1) is 0 Å². The fraction of sp³-hybridized carbons (Fsp3) is 0.481. The van der Waals surface area contributed by atoms with Crippen LogP contribution in [-0.4, -0.2) is 25.0 Å². The molecular weight excluding hydrogens is 386 g/mol. The fourth-order valence-electron chi connectivity index (χ4n) is 3.21. The van der Waals surface area contributed by atoms with Gasteiger partial charge in [0.15, 0.2) is 0 Å². The Morgan fingerprint density at radius 3 is 1.77 bits per heavy atom. The molecule has 4 heteroatoms. The van der Waals surface area contributed by atoms with Crippen LogP contribution in [0, 0.1) is 5.41 Å². The van der Waals surface area contributed by atoms with Gasteiger partial charge in [0.25, 0.3) is 5.91 Å². The van der Waals surface area contributed by atoms with Gasteiger partial charge in [0.05, 0.1) is 12.2 Å². The Hall–Kier alpha value is -2.62. The van der Waals surface area contributed by atoms with Gasteiger partial charge in [-0.2, -0.15) is 0 Å². The zero-order chi connectivity index (χ0) is 22.7. The van der Waals surface area contributed by atoms with Gasteiger partial charge in [0, 0.05) is 17.5 Å². The third-order valence-corrected chi connectivity index (χ3v) is 5.37. The second-order valence-corrected chi connectivity index (χ2v) is 9.02. The predicted octanol–water partition coefficient (Wildman–Crippen LogP) is 5.98. The summed E-state index contributed by atoms with van der Waals surface area (Å²) >= 11 is 0. The molecule has 0 aliphatic heterocycles. The van der Waals surface area contributed by atoms with Gasteiger partial charge < -0.3 is 10.1 Å². The van der Waals surface area contributed by atoms with E-state index < -0.39 is 0 Å². The summed E-state index contributed by atoms with van der Waals surface area (Å²) in [6, 6.07) is 15.4. The number of carbonyl (C=O) groups is 2. The maximum atomic E-state index is 12.5. The van der Waals surface area contributed by atoms with Crippen molar-refractivity contribution < 1.29 is 14.3 Å². The number of amides is 1. The Morgan fingerprint density at radius 2 is 1.29 bits per heavy atom. The molecule has 168 valence electrons. The van der Waals surface area contributed by atoms with Crippen molar-refractivity contribution in [2.45, 2.75) is 66.2 Å². The molecule has 0 radical (unpaired) electrons. The first-order valence-electron chi connectivity index (χ1n) is 11.5. The van der Waals surface area contributed by atoms with Gasteiger partial charge in [-0.05, 0) is 61.1 Å². The normalized spacial score (nSPS) is 11.2. The van der Waals surface area contributed by atoms with Crippen LogP contribution in [0.1, 0.15) is 85.2 Å². The van der Waals surface area contributed by atoms with E-state index in [1.54, 1.807) is 0 Å². The first-order valence-corrected chi connectivity index (χ1v) is 11.5. The molecule has 0 atom stereocenters. The molecule has 0 aliphatic carbocycles. The molecule has 31 heavy (non-hydrogen) atoms. The number of benzene rings is 2. The topological polar surface area (TPSA) is 55.4 Å². The Balaban J connectivity index is 1.80. The maximum absolute atomic E-state index is 12.5. The largest absolute Gasteiger partial charge is 0.461 e. The number of aryl methyl sites for hydroxylation is 2. The predicted molar refractivity (Wildman–Crippen MR) is 127 cm³/mol. The van der Waals surface area contributed by atoms with Crippen molar-refractivity contribution in [2.24, 2.45) is 5.41 Å². The van der Waals surface area contributed by atoms with Crippen molar-refractivity contribution >= 4 is 11.9 Å². The highest BCUT2D eigenvalue weighted by atomic mass is 16.5. The number of hydrogen-bond donors (Lipinski definition) is 1. The number of unbranched alkanes of at least 4 members (excludes halogenated alkanes) is 2. The lowest BCUT2D eigenvalue weighted by Gasteiger charge is -2.24. The molecule has 0 spiro atoms. The number of hydrogen-bond acceptors (Lipinski definition) is 3. The third-order valence-electron chi connectivity index (χ3n) is 5.37. The molecule has 0 unspecified atom stereocenters. The van der Waals surface area contributed by atoms with Crippen LogP contribution in [0.2, 0.25) is 0 Å². The van der Waals surface area contributed by atoms with Gasteiger partial charge in [-0.25, -0.2) is 4.79 Å². The number of carbonyl (C=O) groups excluding carboxylic acids is 2. The van der Waals surface area contributed by atoms with Crippen LogP contribution in [0.3, 0.4) is 0 Å². The number of esters is 1. The lowest BCUT2D eigenvalue weighted by atomic mass is 9.94. The van der Waals surface area contributed by atoms with Crippen molar-refractivity contribution in [1.82, 2.24) is 5.32 Å². The summed E-state index contributed by atoms with van der Waals surface area (Å²) in [6.45, 7) is 8.95. The van der Waals surface area contributed by atoms with Gasteiger partial charge >= 0.3 is 5.97 Å². The number of nitrogens with one attached hydrogen (secondary N) is 1. The minimum Gasteiger partial charge on any atom is -0.461 e. The Labute approximate surface area is 187 Å². The average Bonchev–Trinajstić information content (AvgIpc) is 2.79. The summed E-state index contributed by atoms with van der Waals surface area (Å²) in [5.41, 5.74) is 3.33. The molecule has 1 N–H and O–H groups in total. The van der Waals surface area contributed by atoms with E-state index >= 15 is 0 Å². The van der Waals surface area contributed by atoms with E-state index in [1.165, 1.54) is 11.1 Å². The minimum absolute atomic E-state index is 0.107. The molecule has 0 bridgehead atoms.